The summed E-state index contributed by atoms with van der Waals surface area (Å²) in [7, 11) is -5.65. The minimum Gasteiger partial charge on any atom is -0.369 e. The smallest absolute Gasteiger partial charge is 0.369 e. The zero-order valence-electron chi connectivity index (χ0n) is 13.4. The fourth-order valence-electron chi connectivity index (χ4n) is 2.81. The molecule has 1 saturated heterocycles. The predicted molar refractivity (Wildman–Crippen MR) is 90.8 cm³/mol. The maximum absolute atomic E-state index is 13.5. The monoisotopic (exact) mass is 409 g/mol. The molecule has 3 rings (SSSR count). The van der Waals surface area contributed by atoms with Crippen molar-refractivity contribution in [1.29, 1.82) is 0 Å². The van der Waals surface area contributed by atoms with Gasteiger partial charge in [-0.15, -0.1) is 11.3 Å². The molecule has 0 N–H and O–H groups in total. The third-order valence-corrected chi connectivity index (χ3v) is 6.39. The van der Waals surface area contributed by atoms with Gasteiger partial charge in [-0.2, -0.15) is 13.2 Å². The summed E-state index contributed by atoms with van der Waals surface area (Å²) in [6.07, 6.45) is 2.26. The van der Waals surface area contributed by atoms with Gasteiger partial charge in [-0.05, 0) is 24.6 Å². The second kappa shape index (κ2) is 7.03. The Morgan fingerprint density at radius 1 is 1.08 bits per heavy atom. The molecule has 11 heteroatoms. The summed E-state index contributed by atoms with van der Waals surface area (Å²) in [5.74, 6) is -1.03. The van der Waals surface area contributed by atoms with Crippen LogP contribution in [0, 0.1) is 5.82 Å². The van der Waals surface area contributed by atoms with E-state index in [1.807, 2.05) is 10.3 Å². The Kier molecular flexibility index (Phi) is 5.11. The Hall–Kier alpha value is -1.88. The summed E-state index contributed by atoms with van der Waals surface area (Å²) in [6.45, 7) is 1.77. The van der Waals surface area contributed by atoms with Gasteiger partial charge >= 0.3 is 5.51 Å². The number of benzene rings is 1. The first-order chi connectivity index (χ1) is 12.2. The lowest BCUT2D eigenvalue weighted by Gasteiger charge is -2.26. The van der Waals surface area contributed by atoms with E-state index in [-0.39, 0.29) is 5.69 Å². The molecule has 0 bridgehead atoms. The minimum absolute atomic E-state index is 0.135. The summed E-state index contributed by atoms with van der Waals surface area (Å²) >= 11 is 1.45. The van der Waals surface area contributed by atoms with E-state index >= 15 is 0 Å². The van der Waals surface area contributed by atoms with Gasteiger partial charge in [0.15, 0.2) is 5.13 Å². The predicted octanol–water partition coefficient (Wildman–Crippen LogP) is 3.29. The van der Waals surface area contributed by atoms with Crippen LogP contribution in [0.1, 0.15) is 6.42 Å². The van der Waals surface area contributed by atoms with Crippen molar-refractivity contribution in [3.63, 3.8) is 0 Å². The van der Waals surface area contributed by atoms with Crippen LogP contribution in [0.5, 0.6) is 0 Å². The summed E-state index contributed by atoms with van der Waals surface area (Å²) < 4.78 is 76.2. The van der Waals surface area contributed by atoms with E-state index in [2.05, 4.69) is 4.98 Å². The summed E-state index contributed by atoms with van der Waals surface area (Å²) in [5, 5.41) is 2.63. The average Bonchev–Trinajstić information content (AvgIpc) is 2.99. The molecule has 1 aromatic heterocycles. The molecule has 0 radical (unpaired) electrons. The number of sulfone groups is 1. The number of rotatable bonds is 3. The Balaban J connectivity index is 1.92. The molecular weight excluding hydrogens is 394 g/mol. The first kappa shape index (κ1) is 18.9. The van der Waals surface area contributed by atoms with Crippen LogP contribution in [0.25, 0.3) is 0 Å². The molecule has 0 amide bonds. The van der Waals surface area contributed by atoms with E-state index in [9.17, 15) is 26.0 Å². The highest BCUT2D eigenvalue weighted by Crippen LogP contribution is 2.36. The molecule has 0 unspecified atom stereocenters. The first-order valence-electron chi connectivity index (χ1n) is 7.70. The number of nitrogens with zero attached hydrogens (tertiary/aromatic N) is 3. The zero-order chi connectivity index (χ0) is 18.9. The third-order valence-electron chi connectivity index (χ3n) is 4.04. The molecule has 0 atom stereocenters. The fraction of sp³-hybridized carbons (Fsp3) is 0.400. The van der Waals surface area contributed by atoms with E-state index in [0.717, 1.165) is 17.3 Å². The molecule has 2 heterocycles. The average molecular weight is 409 g/mol. The Labute approximate surface area is 151 Å². The van der Waals surface area contributed by atoms with Gasteiger partial charge in [0.25, 0.3) is 9.84 Å². The highest BCUT2D eigenvalue weighted by Gasteiger charge is 2.48. The highest BCUT2D eigenvalue weighted by atomic mass is 32.2. The van der Waals surface area contributed by atoms with E-state index < -0.39 is 26.1 Å². The van der Waals surface area contributed by atoms with Crippen LogP contribution in [0.15, 0.2) is 34.7 Å². The lowest BCUT2D eigenvalue weighted by atomic mass is 10.2. The van der Waals surface area contributed by atoms with Gasteiger partial charge < -0.3 is 9.80 Å². The largest absolute Gasteiger partial charge is 0.501 e. The van der Waals surface area contributed by atoms with E-state index in [1.165, 1.54) is 11.3 Å². The Bertz CT molecular complexity index is 870. The van der Waals surface area contributed by atoms with Gasteiger partial charge in [0.05, 0.1) is 5.69 Å². The number of alkyl halides is 3. The van der Waals surface area contributed by atoms with Crippen molar-refractivity contribution >= 4 is 32.0 Å². The summed E-state index contributed by atoms with van der Waals surface area (Å²) in [6, 6.07) is 2.49. The minimum atomic E-state index is -5.65. The van der Waals surface area contributed by atoms with Gasteiger partial charge in [0.1, 0.15) is 10.7 Å². The van der Waals surface area contributed by atoms with Gasteiger partial charge in [-0.3, -0.25) is 0 Å². The molecule has 26 heavy (non-hydrogen) atoms. The lowest BCUT2D eigenvalue weighted by Crippen LogP contribution is -2.32. The third kappa shape index (κ3) is 3.63. The second-order valence-electron chi connectivity index (χ2n) is 5.70. The zero-order valence-corrected chi connectivity index (χ0v) is 15.0. The first-order valence-corrected chi connectivity index (χ1v) is 10.1. The maximum atomic E-state index is 13.5. The van der Waals surface area contributed by atoms with Gasteiger partial charge in [-0.1, -0.05) is 0 Å². The van der Waals surface area contributed by atoms with Crippen LogP contribution in [-0.4, -0.2) is 45.1 Å². The van der Waals surface area contributed by atoms with E-state index in [1.54, 1.807) is 11.1 Å². The van der Waals surface area contributed by atoms with Crippen LogP contribution < -0.4 is 9.80 Å². The Morgan fingerprint density at radius 3 is 2.42 bits per heavy atom. The van der Waals surface area contributed by atoms with Gasteiger partial charge in [0, 0.05) is 37.8 Å². The molecule has 1 aliphatic rings. The topological polar surface area (TPSA) is 53.5 Å². The summed E-state index contributed by atoms with van der Waals surface area (Å²) in [4.78, 5) is 6.70. The van der Waals surface area contributed by atoms with Crippen molar-refractivity contribution in [2.75, 3.05) is 36.0 Å². The van der Waals surface area contributed by atoms with E-state index in [4.69, 9.17) is 0 Å². The number of thiazole rings is 1. The molecule has 0 aliphatic carbocycles. The molecule has 2 aromatic rings. The maximum Gasteiger partial charge on any atom is 0.501 e. The number of aromatic nitrogens is 1. The lowest BCUT2D eigenvalue weighted by molar-refractivity contribution is -0.0435. The van der Waals surface area contributed by atoms with Crippen molar-refractivity contribution in [2.45, 2.75) is 16.8 Å². The molecular formula is C15H15F4N3O2S2. The Morgan fingerprint density at radius 2 is 1.77 bits per heavy atom. The van der Waals surface area contributed by atoms with E-state index in [0.29, 0.717) is 38.7 Å². The summed E-state index contributed by atoms with van der Waals surface area (Å²) in [5.41, 5.74) is -5.63. The van der Waals surface area contributed by atoms with Crippen molar-refractivity contribution in [1.82, 2.24) is 4.98 Å². The normalized spacial score (nSPS) is 16.6. The number of hydrogen-bond donors (Lipinski definition) is 0. The molecule has 1 aliphatic heterocycles. The second-order valence-corrected chi connectivity index (χ2v) is 8.49. The van der Waals surface area contributed by atoms with Crippen LogP contribution >= 0.6 is 11.3 Å². The van der Waals surface area contributed by atoms with Crippen molar-refractivity contribution in [3.05, 3.63) is 35.6 Å². The van der Waals surface area contributed by atoms with Gasteiger partial charge in [-0.25, -0.2) is 17.8 Å². The number of anilines is 2. The van der Waals surface area contributed by atoms with Crippen molar-refractivity contribution in [2.24, 2.45) is 0 Å². The van der Waals surface area contributed by atoms with Crippen molar-refractivity contribution < 1.29 is 26.0 Å². The quantitative estimate of drug-likeness (QED) is 0.729. The molecule has 142 valence electrons. The van der Waals surface area contributed by atoms with Crippen LogP contribution in [-0.2, 0) is 9.84 Å². The van der Waals surface area contributed by atoms with Crippen LogP contribution in [0.3, 0.4) is 0 Å². The highest BCUT2D eigenvalue weighted by molar-refractivity contribution is 7.92. The molecule has 1 fully saturated rings. The standard InChI is InChI=1S/C15H15F4N3O2S2/c16-11-2-3-12(13(10-11)26(23,24)15(17,18)19)21-5-1-6-22(8-7-21)14-20-4-9-25-14/h2-4,9-10H,1,5-8H2. The fourth-order valence-corrected chi connectivity index (χ4v) is 4.50. The molecule has 0 spiro atoms. The molecule has 5 nitrogen and oxygen atoms in total. The van der Waals surface area contributed by atoms with Gasteiger partial charge in [0.2, 0.25) is 0 Å². The molecule has 1 aromatic carbocycles. The SMILES string of the molecule is O=S(=O)(c1cc(F)ccc1N1CCCN(c2nccs2)CC1)C(F)(F)F. The van der Waals surface area contributed by atoms with Crippen LogP contribution in [0.2, 0.25) is 0 Å². The number of hydrogen-bond acceptors (Lipinski definition) is 6. The number of halogens is 4. The van der Waals surface area contributed by atoms with Crippen molar-refractivity contribution in [3.8, 4) is 0 Å². The van der Waals surface area contributed by atoms with Crippen LogP contribution in [0.4, 0.5) is 28.4 Å². The molecule has 0 saturated carbocycles.